The maximum absolute atomic E-state index is 12.8. The summed E-state index contributed by atoms with van der Waals surface area (Å²) in [6, 6.07) is 15.7. The van der Waals surface area contributed by atoms with E-state index in [4.69, 9.17) is 15.3 Å². The molecule has 0 fully saturated rings. The van der Waals surface area contributed by atoms with E-state index in [0.717, 1.165) is 16.3 Å². The van der Waals surface area contributed by atoms with Gasteiger partial charge in [-0.3, -0.25) is 4.79 Å². The molecule has 0 unspecified atom stereocenters. The van der Waals surface area contributed by atoms with Gasteiger partial charge in [-0.05, 0) is 35.7 Å². The van der Waals surface area contributed by atoms with Crippen molar-refractivity contribution in [3.05, 3.63) is 46.7 Å². The summed E-state index contributed by atoms with van der Waals surface area (Å²) in [5, 5.41) is 19.7. The maximum Gasteiger partial charge on any atom is 0.242 e. The van der Waals surface area contributed by atoms with Crippen LogP contribution in [0, 0.1) is 22.7 Å². The van der Waals surface area contributed by atoms with E-state index in [1.54, 1.807) is 23.3 Å². The van der Waals surface area contributed by atoms with Crippen LogP contribution in [0.15, 0.2) is 41.8 Å². The summed E-state index contributed by atoms with van der Waals surface area (Å²) < 4.78 is 5.21. The molecule has 0 bridgehead atoms. The van der Waals surface area contributed by atoms with E-state index in [0.29, 0.717) is 19.6 Å². The van der Waals surface area contributed by atoms with E-state index in [-0.39, 0.29) is 25.3 Å². The van der Waals surface area contributed by atoms with Crippen LogP contribution in [-0.4, -0.2) is 37.6 Å². The van der Waals surface area contributed by atoms with Gasteiger partial charge in [0.15, 0.2) is 0 Å². The number of hydrogen-bond acceptors (Lipinski definition) is 6. The normalized spacial score (nSPS) is 9.89. The van der Waals surface area contributed by atoms with Crippen LogP contribution in [-0.2, 0) is 11.3 Å². The first kappa shape index (κ1) is 20.3. The number of nitriles is 2. The van der Waals surface area contributed by atoms with Crippen molar-refractivity contribution in [1.29, 1.82) is 10.5 Å². The number of rotatable bonds is 10. The lowest BCUT2D eigenvalue weighted by Crippen LogP contribution is -2.41. The zero-order chi connectivity index (χ0) is 19.5. The average molecular weight is 382 g/mol. The molecule has 0 saturated heterocycles. The molecule has 1 heterocycles. The van der Waals surface area contributed by atoms with Crippen molar-refractivity contribution in [2.24, 2.45) is 0 Å². The van der Waals surface area contributed by atoms with Gasteiger partial charge in [0.2, 0.25) is 5.91 Å². The van der Waals surface area contributed by atoms with Crippen molar-refractivity contribution in [3.63, 3.8) is 0 Å². The van der Waals surface area contributed by atoms with Gasteiger partial charge < -0.3 is 14.5 Å². The number of ether oxygens (including phenoxy) is 1. The number of amides is 1. The van der Waals surface area contributed by atoms with Crippen molar-refractivity contribution in [3.8, 4) is 17.9 Å². The van der Waals surface area contributed by atoms with E-state index in [9.17, 15) is 4.79 Å². The number of anilines is 1. The number of carbonyl (C=O) groups excluding carboxylic acids is 1. The van der Waals surface area contributed by atoms with Crippen LogP contribution in [0.5, 0.6) is 5.75 Å². The lowest BCUT2D eigenvalue weighted by Gasteiger charge is -2.28. The molecule has 140 valence electrons. The van der Waals surface area contributed by atoms with E-state index in [1.165, 1.54) is 0 Å². The highest BCUT2D eigenvalue weighted by Gasteiger charge is 2.18. The Hall–Kier alpha value is -3.03. The lowest BCUT2D eigenvalue weighted by atomic mass is 10.2. The second-order valence-corrected chi connectivity index (χ2v) is 6.86. The van der Waals surface area contributed by atoms with E-state index in [1.807, 2.05) is 46.7 Å². The lowest BCUT2D eigenvalue weighted by molar-refractivity contribution is -0.129. The molecule has 2 rings (SSSR count). The van der Waals surface area contributed by atoms with Crippen molar-refractivity contribution in [1.82, 2.24) is 4.90 Å². The second kappa shape index (κ2) is 10.8. The Kier molecular flexibility index (Phi) is 8.15. The third-order valence-corrected chi connectivity index (χ3v) is 4.89. The fraction of sp³-hybridized carbons (Fsp3) is 0.350. The van der Waals surface area contributed by atoms with Crippen molar-refractivity contribution < 1.29 is 9.53 Å². The Morgan fingerprint density at radius 1 is 1.11 bits per heavy atom. The molecule has 0 aliphatic rings. The molecule has 0 atom stereocenters. The molecular weight excluding hydrogens is 360 g/mol. The van der Waals surface area contributed by atoms with Gasteiger partial charge >= 0.3 is 0 Å². The molecular formula is C20H22N4O2S. The predicted octanol–water partition coefficient (Wildman–Crippen LogP) is 3.42. The second-order valence-electron chi connectivity index (χ2n) is 5.83. The minimum atomic E-state index is -0.0899. The number of thiophene rings is 1. The molecule has 1 aromatic heterocycles. The Morgan fingerprint density at radius 2 is 1.78 bits per heavy atom. The highest BCUT2D eigenvalue weighted by molar-refractivity contribution is 7.09. The fourth-order valence-corrected chi connectivity index (χ4v) is 3.34. The molecule has 0 N–H and O–H groups in total. The molecule has 0 aliphatic heterocycles. The molecule has 1 amide bonds. The summed E-state index contributed by atoms with van der Waals surface area (Å²) in [4.78, 5) is 17.6. The zero-order valence-electron chi connectivity index (χ0n) is 15.3. The van der Waals surface area contributed by atoms with Gasteiger partial charge in [0.05, 0.1) is 45.2 Å². The Balaban J connectivity index is 2.16. The number of carbonyl (C=O) groups is 1. The minimum absolute atomic E-state index is 0.0899. The molecule has 1 aromatic carbocycles. The first-order valence-electron chi connectivity index (χ1n) is 8.61. The van der Waals surface area contributed by atoms with Crippen LogP contribution in [0.3, 0.4) is 0 Å². The van der Waals surface area contributed by atoms with E-state index >= 15 is 0 Å². The first-order chi connectivity index (χ1) is 13.2. The molecule has 0 aliphatic carbocycles. The Labute approximate surface area is 163 Å². The Bertz CT molecular complexity index is 773. The van der Waals surface area contributed by atoms with Gasteiger partial charge in [-0.15, -0.1) is 11.3 Å². The summed E-state index contributed by atoms with van der Waals surface area (Å²) in [5.41, 5.74) is 0.915. The van der Waals surface area contributed by atoms with Gasteiger partial charge in [0.25, 0.3) is 0 Å². The minimum Gasteiger partial charge on any atom is -0.497 e. The van der Waals surface area contributed by atoms with Crippen molar-refractivity contribution in [2.45, 2.75) is 19.4 Å². The van der Waals surface area contributed by atoms with Gasteiger partial charge in [-0.1, -0.05) is 6.07 Å². The molecule has 2 aromatic rings. The topological polar surface area (TPSA) is 80.4 Å². The third kappa shape index (κ3) is 6.32. The van der Waals surface area contributed by atoms with Crippen LogP contribution in [0.4, 0.5) is 5.69 Å². The third-order valence-electron chi connectivity index (χ3n) is 4.03. The molecule has 0 spiro atoms. The molecule has 0 radical (unpaired) electrons. The molecule has 6 nitrogen and oxygen atoms in total. The number of nitrogens with zero attached hydrogens (tertiary/aromatic N) is 4. The van der Waals surface area contributed by atoms with E-state index in [2.05, 4.69) is 12.1 Å². The fourth-order valence-electron chi connectivity index (χ4n) is 2.62. The first-order valence-corrected chi connectivity index (χ1v) is 9.49. The number of benzene rings is 1. The van der Waals surface area contributed by atoms with Crippen LogP contribution in [0.2, 0.25) is 0 Å². The SMILES string of the molecule is COc1ccc(N(CC(=O)N(CCC#N)CCC#N)Cc2cccs2)cc1. The summed E-state index contributed by atoms with van der Waals surface area (Å²) in [5.74, 6) is 0.665. The monoisotopic (exact) mass is 382 g/mol. The van der Waals surface area contributed by atoms with Crippen LogP contribution in [0.1, 0.15) is 17.7 Å². The van der Waals surface area contributed by atoms with E-state index < -0.39 is 0 Å². The quantitative estimate of drug-likeness (QED) is 0.629. The van der Waals surface area contributed by atoms with Crippen LogP contribution in [0.25, 0.3) is 0 Å². The predicted molar refractivity (Wildman–Crippen MR) is 105 cm³/mol. The maximum atomic E-state index is 12.8. The Morgan fingerprint density at radius 3 is 2.30 bits per heavy atom. The number of hydrogen-bond donors (Lipinski definition) is 0. The molecule has 0 saturated carbocycles. The average Bonchev–Trinajstić information content (AvgIpc) is 3.20. The zero-order valence-corrected chi connectivity index (χ0v) is 16.1. The molecule has 27 heavy (non-hydrogen) atoms. The van der Waals surface area contributed by atoms with Crippen molar-refractivity contribution in [2.75, 3.05) is 31.6 Å². The highest BCUT2D eigenvalue weighted by atomic mass is 32.1. The van der Waals surface area contributed by atoms with Gasteiger partial charge in [0.1, 0.15) is 5.75 Å². The summed E-state index contributed by atoms with van der Waals surface area (Å²) in [6.45, 7) is 1.47. The summed E-state index contributed by atoms with van der Waals surface area (Å²) in [7, 11) is 1.62. The molecule has 7 heteroatoms. The van der Waals surface area contributed by atoms with Gasteiger partial charge in [-0.25, -0.2) is 0 Å². The van der Waals surface area contributed by atoms with Gasteiger partial charge in [0, 0.05) is 23.7 Å². The van der Waals surface area contributed by atoms with Gasteiger partial charge in [-0.2, -0.15) is 10.5 Å². The smallest absolute Gasteiger partial charge is 0.242 e. The van der Waals surface area contributed by atoms with Crippen LogP contribution >= 0.6 is 11.3 Å². The summed E-state index contributed by atoms with van der Waals surface area (Å²) in [6.07, 6.45) is 0.509. The summed E-state index contributed by atoms with van der Waals surface area (Å²) >= 11 is 1.64. The largest absolute Gasteiger partial charge is 0.497 e. The standard InChI is InChI=1S/C20H22N4O2S/c1-26-18-8-6-17(7-9-18)24(15-19-5-2-14-27-19)16-20(25)23(12-3-10-21)13-4-11-22/h2,5-9,14H,3-4,12-13,15-16H2,1H3. The number of methoxy groups -OCH3 is 1. The van der Waals surface area contributed by atoms with Crippen molar-refractivity contribution >= 4 is 22.9 Å². The van der Waals surface area contributed by atoms with Crippen LogP contribution < -0.4 is 9.64 Å². The highest BCUT2D eigenvalue weighted by Crippen LogP contribution is 2.22.